The van der Waals surface area contributed by atoms with Crippen molar-refractivity contribution in [2.24, 2.45) is 7.05 Å². The zero-order valence-corrected chi connectivity index (χ0v) is 9.57. The highest BCUT2D eigenvalue weighted by molar-refractivity contribution is 7.97. The highest BCUT2D eigenvalue weighted by Crippen LogP contribution is 2.20. The Bertz CT molecular complexity index is 519. The number of hydrogen-bond acceptors (Lipinski definition) is 3. The van der Waals surface area contributed by atoms with Crippen molar-refractivity contribution in [2.75, 3.05) is 5.32 Å². The van der Waals surface area contributed by atoms with Crippen molar-refractivity contribution in [3.05, 3.63) is 30.7 Å². The molecule has 0 saturated heterocycles. The lowest BCUT2D eigenvalue weighted by atomic mass is 10.1. The summed E-state index contributed by atoms with van der Waals surface area (Å²) in [7, 11) is 1.87. The lowest BCUT2D eigenvalue weighted by Gasteiger charge is -2.03. The van der Waals surface area contributed by atoms with Crippen molar-refractivity contribution in [3.8, 4) is 11.1 Å². The van der Waals surface area contributed by atoms with Crippen LogP contribution in [0.2, 0.25) is 0 Å². The highest BCUT2D eigenvalue weighted by Gasteiger charge is 2.02. The predicted molar refractivity (Wildman–Crippen MR) is 66.8 cm³/mol. The van der Waals surface area contributed by atoms with Crippen LogP contribution >= 0.6 is 12.6 Å². The van der Waals surface area contributed by atoms with Gasteiger partial charge >= 0.3 is 0 Å². The molecule has 0 aliphatic rings. The van der Waals surface area contributed by atoms with Crippen LogP contribution in [-0.4, -0.2) is 19.9 Å². The van der Waals surface area contributed by atoms with Crippen molar-refractivity contribution in [2.45, 2.75) is 0 Å². The molecule has 0 aromatic carbocycles. The Morgan fingerprint density at radius 3 is 2.94 bits per heavy atom. The summed E-state index contributed by atoms with van der Waals surface area (Å²) in [5, 5.41) is 14.1. The van der Waals surface area contributed by atoms with Gasteiger partial charge < -0.3 is 5.32 Å². The Kier molecular flexibility index (Phi) is 2.91. The van der Waals surface area contributed by atoms with E-state index in [4.69, 9.17) is 5.41 Å². The zero-order valence-electron chi connectivity index (χ0n) is 8.68. The van der Waals surface area contributed by atoms with Gasteiger partial charge in [-0.2, -0.15) is 5.10 Å². The Hall–Kier alpha value is -1.82. The molecule has 0 aliphatic heterocycles. The highest BCUT2D eigenvalue weighted by atomic mass is 32.1. The fraction of sp³-hybridized carbons (Fsp3) is 0.100. The Morgan fingerprint density at radius 1 is 1.50 bits per heavy atom. The minimum absolute atomic E-state index is 0.0656. The third-order valence-electron chi connectivity index (χ3n) is 2.04. The monoisotopic (exact) mass is 233 g/mol. The van der Waals surface area contributed by atoms with Crippen molar-refractivity contribution in [1.82, 2.24) is 14.8 Å². The van der Waals surface area contributed by atoms with E-state index in [-0.39, 0.29) is 5.17 Å². The third-order valence-corrected chi connectivity index (χ3v) is 2.16. The second kappa shape index (κ2) is 4.36. The smallest absolute Gasteiger partial charge is 0.156 e. The molecule has 2 rings (SSSR count). The summed E-state index contributed by atoms with van der Waals surface area (Å²) in [4.78, 5) is 4.08. The van der Waals surface area contributed by atoms with Gasteiger partial charge in [0.2, 0.25) is 0 Å². The van der Waals surface area contributed by atoms with E-state index in [0.717, 1.165) is 11.1 Å². The molecule has 0 unspecified atom stereocenters. The van der Waals surface area contributed by atoms with Gasteiger partial charge in [-0.25, -0.2) is 4.98 Å². The van der Waals surface area contributed by atoms with Crippen LogP contribution in [0.4, 0.5) is 5.82 Å². The number of nitrogens with one attached hydrogen (secondary N) is 2. The first-order chi connectivity index (χ1) is 7.65. The maximum Gasteiger partial charge on any atom is 0.156 e. The van der Waals surface area contributed by atoms with Gasteiger partial charge in [-0.1, -0.05) is 0 Å². The van der Waals surface area contributed by atoms with Crippen molar-refractivity contribution in [3.63, 3.8) is 0 Å². The van der Waals surface area contributed by atoms with E-state index in [1.54, 1.807) is 17.1 Å². The third kappa shape index (κ3) is 2.40. The molecule has 0 atom stereocenters. The summed E-state index contributed by atoms with van der Waals surface area (Å²) < 4.78 is 1.74. The largest absolute Gasteiger partial charge is 0.320 e. The molecule has 0 saturated carbocycles. The van der Waals surface area contributed by atoms with Crippen molar-refractivity contribution in [1.29, 1.82) is 5.41 Å². The quantitative estimate of drug-likeness (QED) is 0.420. The molecule has 5 nitrogen and oxygen atoms in total. The number of aromatic nitrogens is 3. The fourth-order valence-electron chi connectivity index (χ4n) is 1.37. The Morgan fingerprint density at radius 2 is 2.31 bits per heavy atom. The molecule has 0 bridgehead atoms. The Balaban J connectivity index is 2.32. The molecule has 0 amide bonds. The summed E-state index contributed by atoms with van der Waals surface area (Å²) in [6.07, 6.45) is 5.39. The van der Waals surface area contributed by atoms with Gasteiger partial charge in [0, 0.05) is 25.0 Å². The van der Waals surface area contributed by atoms with Gasteiger partial charge in [0.1, 0.15) is 5.82 Å². The van der Waals surface area contributed by atoms with Gasteiger partial charge in [-0.05, 0) is 17.7 Å². The van der Waals surface area contributed by atoms with Crippen LogP contribution in [0.3, 0.4) is 0 Å². The number of aryl methyl sites for hydroxylation is 1. The topological polar surface area (TPSA) is 66.6 Å². The van der Waals surface area contributed by atoms with Crippen LogP contribution in [-0.2, 0) is 7.05 Å². The average molecular weight is 233 g/mol. The minimum Gasteiger partial charge on any atom is -0.320 e. The first kappa shape index (κ1) is 10.7. The van der Waals surface area contributed by atoms with E-state index in [9.17, 15) is 0 Å². The standard InChI is InChI=1S/C10H11N5S/c1-15-6-8(5-13-15)7-2-3-12-9(4-7)14-10(11)16/h2-6H,1H3,(H3,11,12,14,16). The molecular formula is C10H11N5S. The van der Waals surface area contributed by atoms with Gasteiger partial charge in [0.05, 0.1) is 6.20 Å². The lowest BCUT2D eigenvalue weighted by molar-refractivity contribution is 0.768. The zero-order chi connectivity index (χ0) is 11.5. The molecule has 2 heterocycles. The number of pyridine rings is 1. The van der Waals surface area contributed by atoms with Crippen LogP contribution in [0.25, 0.3) is 11.1 Å². The summed E-state index contributed by atoms with van der Waals surface area (Å²) in [5.74, 6) is 0.598. The molecule has 0 fully saturated rings. The minimum atomic E-state index is 0.0656. The van der Waals surface area contributed by atoms with Crippen LogP contribution in [0.5, 0.6) is 0 Å². The van der Waals surface area contributed by atoms with E-state index < -0.39 is 0 Å². The molecule has 6 heteroatoms. The van der Waals surface area contributed by atoms with Crippen LogP contribution in [0.15, 0.2) is 30.7 Å². The molecule has 0 spiro atoms. The molecule has 2 N–H and O–H groups in total. The van der Waals surface area contributed by atoms with Gasteiger partial charge in [-0.3, -0.25) is 10.1 Å². The number of nitrogens with zero attached hydrogens (tertiary/aromatic N) is 3. The van der Waals surface area contributed by atoms with Gasteiger partial charge in [0.15, 0.2) is 5.17 Å². The van der Waals surface area contributed by atoms with E-state index in [1.165, 1.54) is 0 Å². The number of rotatable bonds is 2. The lowest BCUT2D eigenvalue weighted by Crippen LogP contribution is -2.03. The summed E-state index contributed by atoms with van der Waals surface area (Å²) in [6.45, 7) is 0. The SMILES string of the molecule is Cn1cc(-c2ccnc(NC(=N)S)c2)cn1. The first-order valence-corrected chi connectivity index (χ1v) is 5.09. The number of amidine groups is 1. The van der Waals surface area contributed by atoms with E-state index in [1.807, 2.05) is 25.4 Å². The maximum atomic E-state index is 7.21. The first-order valence-electron chi connectivity index (χ1n) is 4.65. The second-order valence-corrected chi connectivity index (χ2v) is 3.75. The number of anilines is 1. The fourth-order valence-corrected chi connectivity index (χ4v) is 1.48. The van der Waals surface area contributed by atoms with Crippen LogP contribution < -0.4 is 5.32 Å². The molecule has 0 radical (unpaired) electrons. The van der Waals surface area contributed by atoms with E-state index >= 15 is 0 Å². The van der Waals surface area contributed by atoms with Crippen LogP contribution in [0, 0.1) is 5.41 Å². The summed E-state index contributed by atoms with van der Waals surface area (Å²) >= 11 is 3.85. The van der Waals surface area contributed by atoms with E-state index in [0.29, 0.717) is 5.82 Å². The maximum absolute atomic E-state index is 7.21. The van der Waals surface area contributed by atoms with Gasteiger partial charge in [0.25, 0.3) is 0 Å². The molecule has 2 aromatic heterocycles. The summed E-state index contributed by atoms with van der Waals surface area (Å²) in [6, 6.07) is 3.74. The second-order valence-electron chi connectivity index (χ2n) is 3.31. The Labute approximate surface area is 98.4 Å². The number of thiol groups is 1. The normalized spacial score (nSPS) is 10.1. The van der Waals surface area contributed by atoms with Gasteiger partial charge in [-0.15, -0.1) is 12.6 Å². The molecular weight excluding hydrogens is 222 g/mol. The predicted octanol–water partition coefficient (Wildman–Crippen LogP) is 1.76. The van der Waals surface area contributed by atoms with E-state index in [2.05, 4.69) is 28.0 Å². The van der Waals surface area contributed by atoms with Crippen LogP contribution in [0.1, 0.15) is 0 Å². The van der Waals surface area contributed by atoms with Crippen molar-refractivity contribution >= 4 is 23.6 Å². The molecule has 2 aromatic rings. The summed E-state index contributed by atoms with van der Waals surface area (Å²) in [5.41, 5.74) is 2.01. The average Bonchev–Trinajstić information content (AvgIpc) is 2.64. The molecule has 0 aliphatic carbocycles. The molecule has 16 heavy (non-hydrogen) atoms. The molecule has 82 valence electrons. The van der Waals surface area contributed by atoms with Crippen molar-refractivity contribution < 1.29 is 0 Å². The number of hydrogen-bond donors (Lipinski definition) is 3.